The van der Waals surface area contributed by atoms with Crippen molar-refractivity contribution in [1.82, 2.24) is 9.78 Å². The van der Waals surface area contributed by atoms with Crippen LogP contribution >= 0.6 is 0 Å². The number of ether oxygens (including phenoxy) is 1. The van der Waals surface area contributed by atoms with Crippen LogP contribution in [0.3, 0.4) is 0 Å². The molecule has 1 aromatic heterocycles. The van der Waals surface area contributed by atoms with Gasteiger partial charge >= 0.3 is 6.61 Å². The number of aromatic nitrogens is 2. The molecule has 1 N–H and O–H groups in total. The maximum atomic E-state index is 13.8. The molecule has 0 aliphatic carbocycles. The lowest BCUT2D eigenvalue weighted by molar-refractivity contribution is -0.111. The summed E-state index contributed by atoms with van der Waals surface area (Å²) in [7, 11) is 0. The van der Waals surface area contributed by atoms with Crippen LogP contribution in [0.15, 0.2) is 48.8 Å². The zero-order valence-corrected chi connectivity index (χ0v) is 15.5. The minimum absolute atomic E-state index is 0.0297. The third kappa shape index (κ3) is 5.65. The standard InChI is InChI=1S/C20H13F6N3O2/c21-15-7-16(22)19(24)18(23)14(15)10-29-9-12(8-27-29)28-17(30)6-3-11-1-4-13(5-2-11)31-20(25)26/h1-9,20H,10H2,(H,28,30). The molecule has 162 valence electrons. The molecule has 0 saturated heterocycles. The predicted molar refractivity (Wildman–Crippen MR) is 98.3 cm³/mol. The summed E-state index contributed by atoms with van der Waals surface area (Å²) in [4.78, 5) is 12.0. The molecule has 0 aliphatic rings. The fourth-order valence-electron chi connectivity index (χ4n) is 2.54. The lowest BCUT2D eigenvalue weighted by Crippen LogP contribution is -2.09. The molecular weight excluding hydrogens is 428 g/mol. The van der Waals surface area contributed by atoms with E-state index in [9.17, 15) is 31.1 Å². The van der Waals surface area contributed by atoms with E-state index in [-0.39, 0.29) is 17.5 Å². The van der Waals surface area contributed by atoms with Gasteiger partial charge in [-0.05, 0) is 23.8 Å². The molecule has 3 aromatic rings. The number of amides is 1. The Kier molecular flexibility index (Phi) is 6.63. The average molecular weight is 441 g/mol. The highest BCUT2D eigenvalue weighted by Gasteiger charge is 2.19. The van der Waals surface area contributed by atoms with Gasteiger partial charge in [0.1, 0.15) is 11.6 Å². The second kappa shape index (κ2) is 9.37. The van der Waals surface area contributed by atoms with Crippen LogP contribution in [0, 0.1) is 23.3 Å². The quantitative estimate of drug-likeness (QED) is 0.249. The van der Waals surface area contributed by atoms with E-state index in [0.717, 1.165) is 10.8 Å². The number of nitrogens with one attached hydrogen (secondary N) is 1. The topological polar surface area (TPSA) is 56.1 Å². The van der Waals surface area contributed by atoms with Crippen LogP contribution in [0.1, 0.15) is 11.1 Å². The second-order valence-electron chi connectivity index (χ2n) is 6.14. The molecule has 11 heteroatoms. The van der Waals surface area contributed by atoms with Crippen molar-refractivity contribution < 1.29 is 35.9 Å². The number of benzene rings is 2. The first kappa shape index (κ1) is 21.9. The lowest BCUT2D eigenvalue weighted by atomic mass is 10.2. The number of anilines is 1. The van der Waals surface area contributed by atoms with Crippen molar-refractivity contribution in [2.24, 2.45) is 0 Å². The molecule has 0 spiro atoms. The van der Waals surface area contributed by atoms with E-state index in [0.29, 0.717) is 5.56 Å². The molecule has 31 heavy (non-hydrogen) atoms. The average Bonchev–Trinajstić information content (AvgIpc) is 3.15. The third-order valence-corrected chi connectivity index (χ3v) is 3.96. The number of alkyl halides is 2. The zero-order valence-electron chi connectivity index (χ0n) is 15.5. The number of nitrogens with zero attached hydrogens (tertiary/aromatic N) is 2. The third-order valence-electron chi connectivity index (χ3n) is 3.96. The normalized spacial score (nSPS) is 11.3. The highest BCUT2D eigenvalue weighted by atomic mass is 19.3. The van der Waals surface area contributed by atoms with Crippen molar-refractivity contribution in [1.29, 1.82) is 0 Å². The first-order valence-electron chi connectivity index (χ1n) is 8.61. The first-order valence-corrected chi connectivity index (χ1v) is 8.61. The van der Waals surface area contributed by atoms with Gasteiger partial charge in [0.25, 0.3) is 0 Å². The van der Waals surface area contributed by atoms with Gasteiger partial charge in [-0.2, -0.15) is 13.9 Å². The minimum atomic E-state index is -2.94. The van der Waals surface area contributed by atoms with Crippen LogP contribution in [0.5, 0.6) is 5.75 Å². The van der Waals surface area contributed by atoms with Crippen LogP contribution in [-0.4, -0.2) is 22.3 Å². The van der Waals surface area contributed by atoms with E-state index in [1.54, 1.807) is 0 Å². The molecule has 3 rings (SSSR count). The number of rotatable bonds is 7. The van der Waals surface area contributed by atoms with Crippen molar-refractivity contribution in [3.63, 3.8) is 0 Å². The Morgan fingerprint density at radius 1 is 1.10 bits per heavy atom. The summed E-state index contributed by atoms with van der Waals surface area (Å²) >= 11 is 0. The predicted octanol–water partition coefficient (Wildman–Crippen LogP) is 4.74. The fourth-order valence-corrected chi connectivity index (χ4v) is 2.54. The monoisotopic (exact) mass is 441 g/mol. The molecule has 1 heterocycles. The molecule has 1 amide bonds. The van der Waals surface area contributed by atoms with Gasteiger partial charge < -0.3 is 10.1 Å². The van der Waals surface area contributed by atoms with Crippen LogP contribution in [0.4, 0.5) is 32.0 Å². The van der Waals surface area contributed by atoms with Crippen LogP contribution in [0.2, 0.25) is 0 Å². The van der Waals surface area contributed by atoms with E-state index < -0.39 is 47.9 Å². The summed E-state index contributed by atoms with van der Waals surface area (Å²) in [5.74, 6) is -6.97. The SMILES string of the molecule is O=C(C=Cc1ccc(OC(F)F)cc1)Nc1cnn(Cc2c(F)cc(F)c(F)c2F)c1. The zero-order chi connectivity index (χ0) is 22.5. The Morgan fingerprint density at radius 2 is 1.81 bits per heavy atom. The molecule has 0 saturated carbocycles. The Morgan fingerprint density at radius 3 is 2.48 bits per heavy atom. The summed E-state index contributed by atoms with van der Waals surface area (Å²) in [5.41, 5.74) is -0.00507. The summed E-state index contributed by atoms with van der Waals surface area (Å²) in [5, 5.41) is 6.25. The van der Waals surface area contributed by atoms with E-state index in [1.807, 2.05) is 0 Å². The Labute approximate surface area is 171 Å². The van der Waals surface area contributed by atoms with Gasteiger partial charge in [0, 0.05) is 23.9 Å². The maximum Gasteiger partial charge on any atom is 0.387 e. The highest BCUT2D eigenvalue weighted by molar-refractivity contribution is 6.01. The number of hydrogen-bond acceptors (Lipinski definition) is 3. The Bertz CT molecular complexity index is 1110. The maximum absolute atomic E-state index is 13.8. The first-order chi connectivity index (χ1) is 14.7. The van der Waals surface area contributed by atoms with Gasteiger partial charge in [0.2, 0.25) is 5.91 Å². The minimum Gasteiger partial charge on any atom is -0.435 e. The molecule has 0 unspecified atom stereocenters. The molecule has 2 aromatic carbocycles. The summed E-state index contributed by atoms with van der Waals surface area (Å²) in [6, 6.07) is 5.78. The van der Waals surface area contributed by atoms with E-state index in [2.05, 4.69) is 15.2 Å². The molecule has 0 radical (unpaired) electrons. The Hall–Kier alpha value is -3.76. The van der Waals surface area contributed by atoms with Gasteiger partial charge in [-0.25, -0.2) is 17.6 Å². The Balaban J connectivity index is 1.61. The van der Waals surface area contributed by atoms with Crippen molar-refractivity contribution in [2.45, 2.75) is 13.2 Å². The molecule has 0 bridgehead atoms. The van der Waals surface area contributed by atoms with Crippen LogP contribution in [0.25, 0.3) is 6.08 Å². The van der Waals surface area contributed by atoms with Crippen molar-refractivity contribution in [3.8, 4) is 5.75 Å². The van der Waals surface area contributed by atoms with Gasteiger partial charge in [-0.15, -0.1) is 0 Å². The molecular formula is C20H13F6N3O2. The molecule has 5 nitrogen and oxygen atoms in total. The van der Waals surface area contributed by atoms with Gasteiger partial charge in [-0.3, -0.25) is 9.48 Å². The van der Waals surface area contributed by atoms with Gasteiger partial charge in [-0.1, -0.05) is 12.1 Å². The number of hydrogen-bond donors (Lipinski definition) is 1. The van der Waals surface area contributed by atoms with Crippen molar-refractivity contribution in [2.75, 3.05) is 5.32 Å². The van der Waals surface area contributed by atoms with Gasteiger partial charge in [0.15, 0.2) is 17.5 Å². The largest absolute Gasteiger partial charge is 0.435 e. The smallest absolute Gasteiger partial charge is 0.387 e. The van der Waals surface area contributed by atoms with Crippen LogP contribution < -0.4 is 10.1 Å². The lowest BCUT2D eigenvalue weighted by Gasteiger charge is -2.06. The summed E-state index contributed by atoms with van der Waals surface area (Å²) < 4.78 is 83.3. The molecule has 0 aliphatic heterocycles. The van der Waals surface area contributed by atoms with E-state index >= 15 is 0 Å². The van der Waals surface area contributed by atoms with E-state index in [1.165, 1.54) is 42.7 Å². The number of carbonyl (C=O) groups is 1. The molecule has 0 atom stereocenters. The number of carbonyl (C=O) groups excluding carboxylic acids is 1. The highest BCUT2D eigenvalue weighted by Crippen LogP contribution is 2.20. The van der Waals surface area contributed by atoms with Crippen molar-refractivity contribution >= 4 is 17.7 Å². The fraction of sp³-hybridized carbons (Fsp3) is 0.100. The van der Waals surface area contributed by atoms with Crippen molar-refractivity contribution in [3.05, 3.63) is 83.2 Å². The summed E-state index contributed by atoms with van der Waals surface area (Å²) in [6.45, 7) is -3.48. The number of halogens is 6. The second-order valence-corrected chi connectivity index (χ2v) is 6.14. The molecule has 0 fully saturated rings. The summed E-state index contributed by atoms with van der Waals surface area (Å²) in [6.07, 6.45) is 5.01. The van der Waals surface area contributed by atoms with Crippen LogP contribution in [-0.2, 0) is 11.3 Å². The van der Waals surface area contributed by atoms with E-state index in [4.69, 9.17) is 0 Å². The van der Waals surface area contributed by atoms with Gasteiger partial charge in [0.05, 0.1) is 18.4 Å².